The number of hydroxylamine groups is 1. The average Bonchev–Trinajstić information content (AvgIpc) is 2.59. The topological polar surface area (TPSA) is 59.0 Å². The minimum Gasteiger partial charge on any atom is -0.489 e. The Morgan fingerprint density at radius 2 is 2.04 bits per heavy atom. The number of nitrogens with zero attached hydrogens (tertiary/aromatic N) is 1. The molecule has 0 aliphatic carbocycles. The van der Waals surface area contributed by atoms with Gasteiger partial charge in [0.2, 0.25) is 0 Å². The highest BCUT2D eigenvalue weighted by Crippen LogP contribution is 2.28. The number of anilines is 1. The summed E-state index contributed by atoms with van der Waals surface area (Å²) in [6.45, 7) is 4.35. The fraction of sp³-hybridized carbons (Fsp3) is 0.278. The van der Waals surface area contributed by atoms with Crippen molar-refractivity contribution < 1.29 is 19.5 Å². The minimum atomic E-state index is -0.845. The van der Waals surface area contributed by atoms with E-state index in [1.807, 2.05) is 25.1 Å². The molecule has 1 N–H and O–H groups in total. The van der Waals surface area contributed by atoms with Gasteiger partial charge in [-0.3, -0.25) is 5.21 Å². The Bertz CT molecular complexity index is 733. The lowest BCUT2D eigenvalue weighted by Crippen LogP contribution is -2.28. The van der Waals surface area contributed by atoms with E-state index in [9.17, 15) is 10.0 Å². The number of hydrogen-bond acceptors (Lipinski definition) is 4. The fourth-order valence-electron chi connectivity index (χ4n) is 2.35. The number of hydrogen-bond donors (Lipinski definition) is 1. The summed E-state index contributed by atoms with van der Waals surface area (Å²) in [6.07, 6.45) is 0.0205. The molecule has 24 heavy (non-hydrogen) atoms. The van der Waals surface area contributed by atoms with Crippen molar-refractivity contribution in [3.05, 3.63) is 56.7 Å². The van der Waals surface area contributed by atoms with Crippen LogP contribution in [0, 0.1) is 10.5 Å². The highest BCUT2D eigenvalue weighted by atomic mass is 127. The second-order valence-electron chi connectivity index (χ2n) is 5.27. The van der Waals surface area contributed by atoms with Crippen LogP contribution in [0.1, 0.15) is 23.6 Å². The first kappa shape index (κ1) is 18.5. The minimum absolute atomic E-state index is 0.235. The number of rotatable bonds is 5. The summed E-state index contributed by atoms with van der Waals surface area (Å²) in [5.41, 5.74) is 3.37. The third-order valence-electron chi connectivity index (χ3n) is 3.64. The van der Waals surface area contributed by atoms with Crippen molar-refractivity contribution >= 4 is 34.4 Å². The van der Waals surface area contributed by atoms with Gasteiger partial charge >= 0.3 is 6.09 Å². The van der Waals surface area contributed by atoms with Crippen LogP contribution in [0.15, 0.2) is 36.4 Å². The summed E-state index contributed by atoms with van der Waals surface area (Å²) < 4.78 is 11.4. The molecule has 0 fully saturated rings. The number of aryl methyl sites for hydroxylation is 2. The van der Waals surface area contributed by atoms with E-state index >= 15 is 0 Å². The predicted molar refractivity (Wildman–Crippen MR) is 101 cm³/mol. The number of amides is 1. The smallest absolute Gasteiger partial charge is 0.438 e. The first-order valence-electron chi connectivity index (χ1n) is 7.54. The first-order valence-corrected chi connectivity index (χ1v) is 8.62. The molecule has 0 spiro atoms. The Balaban J connectivity index is 2.29. The fourth-order valence-corrected chi connectivity index (χ4v) is 2.99. The zero-order valence-electron chi connectivity index (χ0n) is 13.9. The third-order valence-corrected chi connectivity index (χ3v) is 4.65. The highest BCUT2D eigenvalue weighted by Gasteiger charge is 2.19. The molecular weight excluding hydrogens is 421 g/mol. The van der Waals surface area contributed by atoms with Gasteiger partial charge in [0, 0.05) is 9.13 Å². The van der Waals surface area contributed by atoms with Crippen LogP contribution in [0.25, 0.3) is 0 Å². The van der Waals surface area contributed by atoms with E-state index in [2.05, 4.69) is 40.3 Å². The maximum absolute atomic E-state index is 11.6. The number of carbonyl (C=O) groups is 1. The highest BCUT2D eigenvalue weighted by molar-refractivity contribution is 14.1. The molecule has 0 aliphatic heterocycles. The Labute approximate surface area is 155 Å². The Morgan fingerprint density at radius 1 is 1.29 bits per heavy atom. The van der Waals surface area contributed by atoms with Crippen LogP contribution >= 0.6 is 22.6 Å². The lowest BCUT2D eigenvalue weighted by molar-refractivity contribution is 0.140. The molecule has 0 radical (unpaired) electrons. The summed E-state index contributed by atoms with van der Waals surface area (Å²) in [6, 6.07) is 11.3. The molecular formula is C18H20INO4. The third kappa shape index (κ3) is 4.18. The number of halogens is 1. The summed E-state index contributed by atoms with van der Waals surface area (Å²) in [7, 11) is 1.22. The molecule has 2 rings (SSSR count). The van der Waals surface area contributed by atoms with E-state index < -0.39 is 6.09 Å². The summed E-state index contributed by atoms with van der Waals surface area (Å²) >= 11 is 2.15. The van der Waals surface area contributed by atoms with Crippen LogP contribution < -0.4 is 9.80 Å². The number of methoxy groups -OCH3 is 1. The quantitative estimate of drug-likeness (QED) is 0.415. The van der Waals surface area contributed by atoms with Gasteiger partial charge in [-0.2, -0.15) is 5.06 Å². The van der Waals surface area contributed by atoms with Gasteiger partial charge in [0.1, 0.15) is 12.4 Å². The first-order chi connectivity index (χ1) is 11.5. The van der Waals surface area contributed by atoms with E-state index in [0.717, 1.165) is 21.3 Å². The molecule has 0 aliphatic rings. The molecule has 2 aromatic carbocycles. The van der Waals surface area contributed by atoms with Gasteiger partial charge in [-0.1, -0.05) is 30.7 Å². The van der Waals surface area contributed by atoms with Gasteiger partial charge in [-0.15, -0.1) is 0 Å². The molecule has 2 aromatic rings. The van der Waals surface area contributed by atoms with Crippen molar-refractivity contribution in [2.75, 3.05) is 12.2 Å². The average molecular weight is 441 g/mol. The zero-order valence-corrected chi connectivity index (χ0v) is 16.0. The molecule has 0 saturated carbocycles. The molecule has 0 bridgehead atoms. The maximum atomic E-state index is 11.6. The predicted octanol–water partition coefficient (Wildman–Crippen LogP) is 4.70. The molecule has 0 unspecified atom stereocenters. The van der Waals surface area contributed by atoms with Crippen molar-refractivity contribution in [3.63, 3.8) is 0 Å². The van der Waals surface area contributed by atoms with Crippen LogP contribution in [-0.2, 0) is 17.8 Å². The molecule has 0 saturated heterocycles. The molecule has 0 atom stereocenters. The normalized spacial score (nSPS) is 10.4. The summed E-state index contributed by atoms with van der Waals surface area (Å²) in [4.78, 5) is 11.6. The zero-order chi connectivity index (χ0) is 17.7. The van der Waals surface area contributed by atoms with E-state index in [1.54, 1.807) is 12.1 Å². The van der Waals surface area contributed by atoms with E-state index in [0.29, 0.717) is 16.3 Å². The van der Waals surface area contributed by atoms with Crippen molar-refractivity contribution in [1.82, 2.24) is 0 Å². The molecule has 5 nitrogen and oxygen atoms in total. The Hall–Kier alpha value is -1.80. The Morgan fingerprint density at radius 3 is 2.71 bits per heavy atom. The lowest BCUT2D eigenvalue weighted by Gasteiger charge is -2.19. The van der Waals surface area contributed by atoms with Crippen LogP contribution in [0.5, 0.6) is 5.75 Å². The van der Waals surface area contributed by atoms with Crippen LogP contribution in [-0.4, -0.2) is 18.4 Å². The van der Waals surface area contributed by atoms with Gasteiger partial charge in [0.25, 0.3) is 0 Å². The number of carbonyl (C=O) groups excluding carboxylic acids is 1. The monoisotopic (exact) mass is 441 g/mol. The van der Waals surface area contributed by atoms with Gasteiger partial charge in [-0.25, -0.2) is 4.79 Å². The summed E-state index contributed by atoms with van der Waals surface area (Å²) in [5.74, 6) is 0.802. The summed E-state index contributed by atoms with van der Waals surface area (Å²) in [5, 5.41) is 10.5. The largest absolute Gasteiger partial charge is 0.489 e. The molecule has 0 heterocycles. The van der Waals surface area contributed by atoms with E-state index in [4.69, 9.17) is 4.74 Å². The van der Waals surface area contributed by atoms with Crippen molar-refractivity contribution in [2.24, 2.45) is 0 Å². The number of benzene rings is 2. The van der Waals surface area contributed by atoms with Crippen LogP contribution in [0.3, 0.4) is 0 Å². The Kier molecular flexibility index (Phi) is 6.44. The van der Waals surface area contributed by atoms with Gasteiger partial charge < -0.3 is 9.47 Å². The van der Waals surface area contributed by atoms with Crippen molar-refractivity contribution in [3.8, 4) is 5.75 Å². The SMILES string of the molecule is CCc1cc(C)ccc1OCc1c(I)cccc1N(O)C(=O)OC. The molecule has 6 heteroatoms. The second kappa shape index (κ2) is 8.34. The van der Waals surface area contributed by atoms with Crippen molar-refractivity contribution in [2.45, 2.75) is 26.9 Å². The van der Waals surface area contributed by atoms with Gasteiger partial charge in [0.15, 0.2) is 0 Å². The number of ether oxygens (including phenoxy) is 2. The second-order valence-corrected chi connectivity index (χ2v) is 6.43. The van der Waals surface area contributed by atoms with Crippen LogP contribution in [0.4, 0.5) is 10.5 Å². The van der Waals surface area contributed by atoms with Crippen molar-refractivity contribution in [1.29, 1.82) is 0 Å². The molecule has 1 amide bonds. The van der Waals surface area contributed by atoms with Gasteiger partial charge in [0.05, 0.1) is 12.8 Å². The maximum Gasteiger partial charge on any atom is 0.438 e. The van der Waals surface area contributed by atoms with E-state index in [-0.39, 0.29) is 6.61 Å². The van der Waals surface area contributed by atoms with Crippen LogP contribution in [0.2, 0.25) is 0 Å². The van der Waals surface area contributed by atoms with Gasteiger partial charge in [-0.05, 0) is 59.7 Å². The lowest BCUT2D eigenvalue weighted by atomic mass is 10.1. The molecule has 0 aromatic heterocycles. The molecule has 128 valence electrons. The van der Waals surface area contributed by atoms with E-state index in [1.165, 1.54) is 12.7 Å². The standard InChI is InChI=1S/C18H20INO4/c1-4-13-10-12(2)8-9-17(13)24-11-14-15(19)6-5-7-16(14)20(22)18(21)23-3/h5-10,22H,4,11H2,1-3H3.